The molecule has 0 aliphatic rings. The number of primary amides is 1. The smallest absolute Gasteiger partial charge is 0.335 e. The molecule has 0 bridgehead atoms. The summed E-state index contributed by atoms with van der Waals surface area (Å²) in [5, 5.41) is 11.5. The Balaban J connectivity index is 1.91. The first-order chi connectivity index (χ1) is 10.5. The third-order valence-electron chi connectivity index (χ3n) is 2.90. The summed E-state index contributed by atoms with van der Waals surface area (Å²) in [5.41, 5.74) is 5.78. The van der Waals surface area contributed by atoms with Crippen molar-refractivity contribution in [3.05, 3.63) is 59.0 Å². The van der Waals surface area contributed by atoms with Crippen LogP contribution in [0, 0.1) is 0 Å². The molecule has 0 radical (unpaired) electrons. The van der Waals surface area contributed by atoms with Gasteiger partial charge in [-0.25, -0.2) is 4.79 Å². The quantitative estimate of drug-likeness (QED) is 0.732. The number of hydrogen-bond donors (Lipinski definition) is 3. The molecule has 0 atom stereocenters. The van der Waals surface area contributed by atoms with Crippen LogP contribution in [0.1, 0.15) is 32.2 Å². The molecule has 0 unspecified atom stereocenters. The van der Waals surface area contributed by atoms with Gasteiger partial charge in [0.1, 0.15) is 5.76 Å². The van der Waals surface area contributed by atoms with E-state index in [0.717, 1.165) is 0 Å². The molecule has 0 saturated carbocycles. The van der Waals surface area contributed by atoms with Crippen molar-refractivity contribution in [1.29, 1.82) is 0 Å². The van der Waals surface area contributed by atoms with Crippen molar-refractivity contribution in [1.82, 2.24) is 5.32 Å². The van der Waals surface area contributed by atoms with Crippen molar-refractivity contribution in [3.8, 4) is 0 Å². The molecule has 0 spiro atoms. The number of hydrogen-bond acceptors (Lipinski definition) is 4. The van der Waals surface area contributed by atoms with Crippen molar-refractivity contribution >= 4 is 17.8 Å². The van der Waals surface area contributed by atoms with Crippen LogP contribution in [0.15, 0.2) is 40.8 Å². The van der Waals surface area contributed by atoms with E-state index in [1.54, 1.807) is 18.2 Å². The van der Waals surface area contributed by atoms with Crippen molar-refractivity contribution < 1.29 is 23.9 Å². The van der Waals surface area contributed by atoms with Gasteiger partial charge in [-0.15, -0.1) is 0 Å². The lowest BCUT2D eigenvalue weighted by Crippen LogP contribution is -2.24. The van der Waals surface area contributed by atoms with Crippen LogP contribution in [0.25, 0.3) is 0 Å². The van der Waals surface area contributed by atoms with E-state index in [0.29, 0.717) is 11.3 Å². The molecule has 2 rings (SSSR count). The van der Waals surface area contributed by atoms with Crippen LogP contribution in [0.2, 0.25) is 0 Å². The molecule has 1 heterocycles. The molecule has 4 N–H and O–H groups in total. The number of carboxylic acids is 1. The van der Waals surface area contributed by atoms with E-state index in [4.69, 9.17) is 15.3 Å². The second-order valence-corrected chi connectivity index (χ2v) is 4.59. The minimum atomic E-state index is -1.04. The lowest BCUT2D eigenvalue weighted by Gasteiger charge is -2.04. The first-order valence-corrected chi connectivity index (χ1v) is 6.43. The summed E-state index contributed by atoms with van der Waals surface area (Å²) in [6.07, 6.45) is 0.0461. The molecular weight excluding hydrogens is 288 g/mol. The highest BCUT2D eigenvalue weighted by Gasteiger charge is 2.10. The predicted molar refractivity (Wildman–Crippen MR) is 76.2 cm³/mol. The summed E-state index contributed by atoms with van der Waals surface area (Å²) in [6, 6.07) is 9.13. The number of carboxylic acid groups (broad SMARTS) is 1. The third kappa shape index (κ3) is 3.95. The van der Waals surface area contributed by atoms with E-state index in [2.05, 4.69) is 5.32 Å². The Labute approximate surface area is 125 Å². The van der Waals surface area contributed by atoms with Crippen molar-refractivity contribution in [2.75, 3.05) is 0 Å². The highest BCUT2D eigenvalue weighted by Crippen LogP contribution is 2.08. The van der Waals surface area contributed by atoms with E-state index in [9.17, 15) is 14.4 Å². The number of rotatable bonds is 6. The molecule has 0 aliphatic heterocycles. The zero-order valence-corrected chi connectivity index (χ0v) is 11.5. The first kappa shape index (κ1) is 15.3. The zero-order valence-electron chi connectivity index (χ0n) is 11.5. The Kier molecular flexibility index (Phi) is 4.57. The maximum absolute atomic E-state index is 11.8. The van der Waals surface area contributed by atoms with Crippen LogP contribution in [0.5, 0.6) is 0 Å². The van der Waals surface area contributed by atoms with Gasteiger partial charge < -0.3 is 20.6 Å². The Morgan fingerprint density at radius 2 is 1.95 bits per heavy atom. The van der Waals surface area contributed by atoms with E-state index < -0.39 is 11.9 Å². The largest absolute Gasteiger partial charge is 0.478 e. The third-order valence-corrected chi connectivity index (χ3v) is 2.90. The Bertz CT molecular complexity index is 720. The number of aromatic carboxylic acids is 1. The highest BCUT2D eigenvalue weighted by atomic mass is 16.4. The standard InChI is InChI=1S/C15H14N2O5/c16-14(19)12-5-4-11(22-12)8-17-13(18)7-9-2-1-3-10(6-9)15(20)21/h1-6H,7-8H2,(H2,16,19)(H,17,18)(H,20,21). The fourth-order valence-electron chi connectivity index (χ4n) is 1.85. The topological polar surface area (TPSA) is 123 Å². The van der Waals surface area contributed by atoms with Crippen LogP contribution in [0.4, 0.5) is 0 Å². The van der Waals surface area contributed by atoms with E-state index >= 15 is 0 Å². The second-order valence-electron chi connectivity index (χ2n) is 4.59. The zero-order chi connectivity index (χ0) is 16.1. The van der Waals surface area contributed by atoms with Gasteiger partial charge in [-0.2, -0.15) is 0 Å². The summed E-state index contributed by atoms with van der Waals surface area (Å²) in [5.74, 6) is -1.58. The molecule has 0 fully saturated rings. The number of nitrogens with one attached hydrogen (secondary N) is 1. The molecule has 0 saturated heterocycles. The van der Waals surface area contributed by atoms with Gasteiger partial charge >= 0.3 is 5.97 Å². The average molecular weight is 302 g/mol. The highest BCUT2D eigenvalue weighted by molar-refractivity contribution is 5.90. The predicted octanol–water partition coefficient (Wildman–Crippen LogP) is 0.936. The molecule has 7 nitrogen and oxygen atoms in total. The second kappa shape index (κ2) is 6.57. The fourth-order valence-corrected chi connectivity index (χ4v) is 1.85. The van der Waals surface area contributed by atoms with Crippen molar-refractivity contribution in [3.63, 3.8) is 0 Å². The Morgan fingerprint density at radius 3 is 2.59 bits per heavy atom. The Morgan fingerprint density at radius 1 is 1.18 bits per heavy atom. The van der Waals surface area contributed by atoms with Gasteiger partial charge in [-0.05, 0) is 29.8 Å². The maximum Gasteiger partial charge on any atom is 0.335 e. The molecule has 2 aromatic rings. The van der Waals surface area contributed by atoms with Gasteiger partial charge in [0.15, 0.2) is 5.76 Å². The number of benzene rings is 1. The lowest BCUT2D eigenvalue weighted by atomic mass is 10.1. The molecule has 0 aliphatic carbocycles. The lowest BCUT2D eigenvalue weighted by molar-refractivity contribution is -0.120. The minimum absolute atomic E-state index is 0.0263. The molecule has 22 heavy (non-hydrogen) atoms. The van der Waals surface area contributed by atoms with Crippen LogP contribution >= 0.6 is 0 Å². The molecule has 1 aromatic carbocycles. The maximum atomic E-state index is 11.8. The van der Waals surface area contributed by atoms with Gasteiger partial charge in [0, 0.05) is 0 Å². The molecule has 1 aromatic heterocycles. The molecule has 114 valence electrons. The van der Waals surface area contributed by atoms with Crippen molar-refractivity contribution in [2.24, 2.45) is 5.73 Å². The van der Waals surface area contributed by atoms with E-state index in [1.807, 2.05) is 0 Å². The Hall–Kier alpha value is -3.09. The number of nitrogens with two attached hydrogens (primary N) is 1. The summed E-state index contributed by atoms with van der Waals surface area (Å²) in [6.45, 7) is 0.116. The SMILES string of the molecule is NC(=O)c1ccc(CNC(=O)Cc2cccc(C(=O)O)c2)o1. The van der Waals surface area contributed by atoms with Gasteiger partial charge in [0.05, 0.1) is 18.5 Å². The van der Waals surface area contributed by atoms with Gasteiger partial charge in [-0.1, -0.05) is 12.1 Å². The van der Waals surface area contributed by atoms with Crippen molar-refractivity contribution in [2.45, 2.75) is 13.0 Å². The monoisotopic (exact) mass is 302 g/mol. The summed E-state index contributed by atoms with van der Waals surface area (Å²) < 4.78 is 5.13. The number of carbonyl (C=O) groups is 3. The fraction of sp³-hybridized carbons (Fsp3) is 0.133. The molecule has 7 heteroatoms. The molecule has 2 amide bonds. The van der Waals surface area contributed by atoms with Crippen LogP contribution < -0.4 is 11.1 Å². The van der Waals surface area contributed by atoms with Gasteiger partial charge in [0.2, 0.25) is 5.91 Å². The van der Waals surface area contributed by atoms with Gasteiger partial charge in [0.25, 0.3) is 5.91 Å². The summed E-state index contributed by atoms with van der Waals surface area (Å²) >= 11 is 0. The summed E-state index contributed by atoms with van der Waals surface area (Å²) in [4.78, 5) is 33.5. The van der Waals surface area contributed by atoms with Gasteiger partial charge in [-0.3, -0.25) is 9.59 Å². The number of furan rings is 1. The van der Waals surface area contributed by atoms with Crippen LogP contribution in [-0.2, 0) is 17.8 Å². The number of amides is 2. The number of carbonyl (C=O) groups excluding carboxylic acids is 2. The average Bonchev–Trinajstić information content (AvgIpc) is 2.94. The minimum Gasteiger partial charge on any atom is -0.478 e. The normalized spacial score (nSPS) is 10.2. The van der Waals surface area contributed by atoms with Crippen LogP contribution in [0.3, 0.4) is 0 Å². The first-order valence-electron chi connectivity index (χ1n) is 6.43. The van der Waals surface area contributed by atoms with E-state index in [1.165, 1.54) is 18.2 Å². The molecular formula is C15H14N2O5. The van der Waals surface area contributed by atoms with E-state index in [-0.39, 0.29) is 30.2 Å². The summed E-state index contributed by atoms with van der Waals surface area (Å²) in [7, 11) is 0. The van der Waals surface area contributed by atoms with Crippen LogP contribution in [-0.4, -0.2) is 22.9 Å².